The maximum Gasteiger partial charge on any atom is 0.119 e. The highest BCUT2D eigenvalue weighted by atomic mass is 16.5. The molecule has 0 spiro atoms. The van der Waals surface area contributed by atoms with E-state index in [1.807, 2.05) is 18.2 Å². The first-order chi connectivity index (χ1) is 8.54. The second kappa shape index (κ2) is 7.22. The van der Waals surface area contributed by atoms with Crippen molar-refractivity contribution in [1.82, 2.24) is 5.32 Å². The molecule has 0 saturated heterocycles. The molecule has 0 bridgehead atoms. The van der Waals surface area contributed by atoms with E-state index in [1.165, 1.54) is 5.56 Å². The van der Waals surface area contributed by atoms with E-state index in [4.69, 9.17) is 4.74 Å². The quantitative estimate of drug-likeness (QED) is 0.613. The molecule has 100 valence electrons. The lowest BCUT2D eigenvalue weighted by atomic mass is 9.87. The summed E-state index contributed by atoms with van der Waals surface area (Å²) in [6.45, 7) is 11.3. The van der Waals surface area contributed by atoms with Gasteiger partial charge in [0.15, 0.2) is 0 Å². The molecule has 0 aliphatic carbocycles. The molecule has 1 aromatic rings. The van der Waals surface area contributed by atoms with Crippen LogP contribution in [0.25, 0.3) is 0 Å². The van der Waals surface area contributed by atoms with Crippen LogP contribution in [0.3, 0.4) is 0 Å². The lowest BCUT2D eigenvalue weighted by Gasteiger charge is -2.19. The Bertz CT molecular complexity index is 360. The zero-order valence-electron chi connectivity index (χ0n) is 12.0. The van der Waals surface area contributed by atoms with E-state index in [1.54, 1.807) is 0 Å². The van der Waals surface area contributed by atoms with Gasteiger partial charge in [0.2, 0.25) is 0 Å². The summed E-state index contributed by atoms with van der Waals surface area (Å²) < 4.78 is 5.64. The van der Waals surface area contributed by atoms with Gasteiger partial charge in [-0.1, -0.05) is 52.0 Å². The van der Waals surface area contributed by atoms with Gasteiger partial charge < -0.3 is 10.1 Å². The standard InChI is InChI=1S/C16H25NO/c1-5-17-12-6-7-13-18-15-10-8-14(9-11-15)16(2,3)4/h6-11,17H,5,12-13H2,1-4H3. The van der Waals surface area contributed by atoms with Crippen LogP contribution in [0.2, 0.25) is 0 Å². The van der Waals surface area contributed by atoms with Gasteiger partial charge in [-0.25, -0.2) is 0 Å². The van der Waals surface area contributed by atoms with Crippen LogP contribution in [0.4, 0.5) is 0 Å². The Hall–Kier alpha value is -1.28. The van der Waals surface area contributed by atoms with Crippen LogP contribution in [-0.4, -0.2) is 19.7 Å². The molecular weight excluding hydrogens is 222 g/mol. The molecule has 1 aromatic carbocycles. The smallest absolute Gasteiger partial charge is 0.119 e. The zero-order valence-corrected chi connectivity index (χ0v) is 12.0. The number of likely N-dealkylation sites (N-methyl/N-ethyl adjacent to an activating group) is 1. The molecule has 1 rings (SSSR count). The summed E-state index contributed by atoms with van der Waals surface area (Å²) in [5.74, 6) is 0.927. The fourth-order valence-electron chi connectivity index (χ4n) is 1.57. The molecule has 2 heteroatoms. The first kappa shape index (κ1) is 14.8. The van der Waals surface area contributed by atoms with Gasteiger partial charge in [-0.3, -0.25) is 0 Å². The average Bonchev–Trinajstić information content (AvgIpc) is 2.33. The molecule has 0 aliphatic rings. The minimum atomic E-state index is 0.199. The van der Waals surface area contributed by atoms with E-state index in [0.29, 0.717) is 6.61 Å². The van der Waals surface area contributed by atoms with E-state index in [0.717, 1.165) is 18.8 Å². The van der Waals surface area contributed by atoms with Gasteiger partial charge in [-0.2, -0.15) is 0 Å². The van der Waals surface area contributed by atoms with Crippen molar-refractivity contribution in [3.05, 3.63) is 42.0 Å². The third kappa shape index (κ3) is 5.37. The van der Waals surface area contributed by atoms with Crippen LogP contribution in [0.5, 0.6) is 5.75 Å². The van der Waals surface area contributed by atoms with Crippen LogP contribution < -0.4 is 10.1 Å². The zero-order chi connectivity index (χ0) is 13.4. The van der Waals surface area contributed by atoms with Gasteiger partial charge in [-0.05, 0) is 29.7 Å². The summed E-state index contributed by atoms with van der Waals surface area (Å²) in [6.07, 6.45) is 4.13. The molecule has 0 unspecified atom stereocenters. The van der Waals surface area contributed by atoms with E-state index < -0.39 is 0 Å². The molecule has 2 nitrogen and oxygen atoms in total. The summed E-state index contributed by atoms with van der Waals surface area (Å²) in [5, 5.41) is 3.23. The van der Waals surface area contributed by atoms with Crippen LogP contribution in [0, 0.1) is 0 Å². The maximum atomic E-state index is 5.64. The molecule has 0 aliphatic heterocycles. The number of hydrogen-bond acceptors (Lipinski definition) is 2. The van der Waals surface area contributed by atoms with E-state index in [2.05, 4.69) is 51.2 Å². The minimum Gasteiger partial charge on any atom is -0.490 e. The number of benzene rings is 1. The predicted octanol–water partition coefficient (Wildman–Crippen LogP) is 3.53. The summed E-state index contributed by atoms with van der Waals surface area (Å²) in [7, 11) is 0. The van der Waals surface area contributed by atoms with Crippen LogP contribution in [-0.2, 0) is 5.41 Å². The van der Waals surface area contributed by atoms with Crippen molar-refractivity contribution >= 4 is 0 Å². The Morgan fingerprint density at radius 1 is 1.11 bits per heavy atom. The van der Waals surface area contributed by atoms with E-state index >= 15 is 0 Å². The Kier molecular flexibility index (Phi) is 5.93. The molecule has 0 atom stereocenters. The van der Waals surface area contributed by atoms with Crippen molar-refractivity contribution in [3.63, 3.8) is 0 Å². The Balaban J connectivity index is 2.38. The number of ether oxygens (including phenoxy) is 1. The number of rotatable bonds is 6. The Morgan fingerprint density at radius 3 is 2.33 bits per heavy atom. The topological polar surface area (TPSA) is 21.3 Å². The number of nitrogens with one attached hydrogen (secondary N) is 1. The van der Waals surface area contributed by atoms with Crippen molar-refractivity contribution in [2.24, 2.45) is 0 Å². The van der Waals surface area contributed by atoms with Gasteiger partial charge in [0.25, 0.3) is 0 Å². The molecule has 0 saturated carbocycles. The second-order valence-corrected chi connectivity index (χ2v) is 5.36. The largest absolute Gasteiger partial charge is 0.490 e. The summed E-state index contributed by atoms with van der Waals surface area (Å²) in [6, 6.07) is 8.35. The number of hydrogen-bond donors (Lipinski definition) is 1. The fourth-order valence-corrected chi connectivity index (χ4v) is 1.57. The van der Waals surface area contributed by atoms with Crippen molar-refractivity contribution in [3.8, 4) is 5.75 Å². The highest BCUT2D eigenvalue weighted by Crippen LogP contribution is 2.24. The highest BCUT2D eigenvalue weighted by Gasteiger charge is 2.12. The normalized spacial score (nSPS) is 12.0. The second-order valence-electron chi connectivity index (χ2n) is 5.36. The SMILES string of the molecule is CCNCC=CCOc1ccc(C(C)(C)C)cc1. The van der Waals surface area contributed by atoms with Gasteiger partial charge in [0.05, 0.1) is 0 Å². The maximum absolute atomic E-state index is 5.64. The predicted molar refractivity (Wildman–Crippen MR) is 78.3 cm³/mol. The van der Waals surface area contributed by atoms with E-state index in [-0.39, 0.29) is 5.41 Å². The molecule has 0 fully saturated rings. The molecule has 18 heavy (non-hydrogen) atoms. The van der Waals surface area contributed by atoms with Crippen molar-refractivity contribution in [1.29, 1.82) is 0 Å². The third-order valence-corrected chi connectivity index (χ3v) is 2.75. The monoisotopic (exact) mass is 247 g/mol. The van der Waals surface area contributed by atoms with Gasteiger partial charge >= 0.3 is 0 Å². The first-order valence-corrected chi connectivity index (χ1v) is 6.63. The van der Waals surface area contributed by atoms with Crippen molar-refractivity contribution in [2.75, 3.05) is 19.7 Å². The molecule has 1 N–H and O–H groups in total. The first-order valence-electron chi connectivity index (χ1n) is 6.63. The molecule has 0 aromatic heterocycles. The summed E-state index contributed by atoms with van der Waals surface area (Å²) in [5.41, 5.74) is 1.53. The summed E-state index contributed by atoms with van der Waals surface area (Å²) >= 11 is 0. The molecular formula is C16H25NO. The van der Waals surface area contributed by atoms with Gasteiger partial charge in [-0.15, -0.1) is 0 Å². The van der Waals surface area contributed by atoms with Gasteiger partial charge in [0.1, 0.15) is 12.4 Å². The minimum absolute atomic E-state index is 0.199. The van der Waals surface area contributed by atoms with E-state index in [9.17, 15) is 0 Å². The van der Waals surface area contributed by atoms with Gasteiger partial charge in [0, 0.05) is 6.54 Å². The lowest BCUT2D eigenvalue weighted by molar-refractivity contribution is 0.362. The summed E-state index contributed by atoms with van der Waals surface area (Å²) in [4.78, 5) is 0. The lowest BCUT2D eigenvalue weighted by Crippen LogP contribution is -2.12. The van der Waals surface area contributed by atoms with Crippen molar-refractivity contribution in [2.45, 2.75) is 33.1 Å². The van der Waals surface area contributed by atoms with Crippen LogP contribution >= 0.6 is 0 Å². The molecule has 0 heterocycles. The molecule has 0 radical (unpaired) electrons. The Morgan fingerprint density at radius 2 is 1.78 bits per heavy atom. The van der Waals surface area contributed by atoms with Crippen LogP contribution in [0.1, 0.15) is 33.3 Å². The average molecular weight is 247 g/mol. The Labute approximate surface area is 111 Å². The van der Waals surface area contributed by atoms with Crippen LogP contribution in [0.15, 0.2) is 36.4 Å². The fraction of sp³-hybridized carbons (Fsp3) is 0.500. The van der Waals surface area contributed by atoms with Crippen molar-refractivity contribution < 1.29 is 4.74 Å². The molecule has 0 amide bonds. The highest BCUT2D eigenvalue weighted by molar-refractivity contribution is 5.31. The third-order valence-electron chi connectivity index (χ3n) is 2.75.